The van der Waals surface area contributed by atoms with E-state index in [0.717, 1.165) is 11.1 Å². The summed E-state index contributed by atoms with van der Waals surface area (Å²) in [4.78, 5) is 25.1. The Balaban J connectivity index is 2.30. The second kappa shape index (κ2) is 4.88. The average molecular weight is 247 g/mol. The maximum Gasteiger partial charge on any atom is 0.238 e. The summed E-state index contributed by atoms with van der Waals surface area (Å²) >= 11 is 0. The molecule has 1 heterocycles. The number of fused-ring (bicyclic) bond motifs is 1. The van der Waals surface area contributed by atoms with E-state index in [0.29, 0.717) is 12.2 Å². The third kappa shape index (κ3) is 2.27. The van der Waals surface area contributed by atoms with Crippen LogP contribution in [0.5, 0.6) is 0 Å². The number of hydrogen-bond acceptors (Lipinski definition) is 4. The van der Waals surface area contributed by atoms with Crippen molar-refractivity contribution in [3.05, 3.63) is 29.3 Å². The number of hydrogen-bond donors (Lipinski definition) is 2. The highest BCUT2D eigenvalue weighted by Gasteiger charge is 2.32. The summed E-state index contributed by atoms with van der Waals surface area (Å²) in [6, 6.07) is 5.25. The minimum Gasteiger partial charge on any atom is -0.327 e. The number of imide groups is 1. The molecule has 5 nitrogen and oxygen atoms in total. The molecule has 0 aromatic heterocycles. The van der Waals surface area contributed by atoms with Gasteiger partial charge in [-0.1, -0.05) is 12.1 Å². The number of nitrogens with zero attached hydrogens (tertiary/aromatic N) is 1. The van der Waals surface area contributed by atoms with E-state index in [-0.39, 0.29) is 30.7 Å². The Morgan fingerprint density at radius 3 is 2.83 bits per heavy atom. The molecule has 0 aliphatic carbocycles. The first kappa shape index (κ1) is 12.7. The molecule has 0 fully saturated rings. The van der Waals surface area contributed by atoms with Gasteiger partial charge in [-0.3, -0.25) is 9.59 Å². The normalized spacial score (nSPS) is 15.7. The molecule has 0 radical (unpaired) electrons. The Labute approximate surface area is 106 Å². The lowest BCUT2D eigenvalue weighted by Gasteiger charge is -2.16. The monoisotopic (exact) mass is 247 g/mol. The van der Waals surface area contributed by atoms with E-state index in [1.165, 1.54) is 4.90 Å². The Hall–Kier alpha value is -1.72. The summed E-state index contributed by atoms with van der Waals surface area (Å²) in [5.74, 6) is -0.431. The summed E-state index contributed by atoms with van der Waals surface area (Å²) in [7, 11) is 0. The molecule has 1 atom stereocenters. The Morgan fingerprint density at radius 2 is 2.22 bits per heavy atom. The molecule has 1 aliphatic heterocycles. The van der Waals surface area contributed by atoms with E-state index in [4.69, 9.17) is 11.5 Å². The van der Waals surface area contributed by atoms with Crippen LogP contribution in [0.4, 0.5) is 5.69 Å². The number of amides is 2. The molecule has 0 bridgehead atoms. The Morgan fingerprint density at radius 1 is 1.50 bits per heavy atom. The lowest BCUT2D eigenvalue weighted by atomic mass is 10.1. The van der Waals surface area contributed by atoms with Gasteiger partial charge in [0.05, 0.1) is 12.1 Å². The molecule has 1 aromatic carbocycles. The molecular weight excluding hydrogens is 230 g/mol. The zero-order chi connectivity index (χ0) is 13.3. The van der Waals surface area contributed by atoms with Gasteiger partial charge >= 0.3 is 0 Å². The van der Waals surface area contributed by atoms with Gasteiger partial charge in [-0.05, 0) is 24.1 Å². The summed E-state index contributed by atoms with van der Waals surface area (Å²) in [5, 5.41) is 0. The van der Waals surface area contributed by atoms with E-state index in [9.17, 15) is 9.59 Å². The smallest absolute Gasteiger partial charge is 0.238 e. The van der Waals surface area contributed by atoms with E-state index in [2.05, 4.69) is 0 Å². The second-order valence-electron chi connectivity index (χ2n) is 4.65. The first-order valence-corrected chi connectivity index (χ1v) is 5.96. The quantitative estimate of drug-likeness (QED) is 0.803. The predicted octanol–water partition coefficient (Wildman–Crippen LogP) is 0.298. The predicted molar refractivity (Wildman–Crippen MR) is 68.8 cm³/mol. The fourth-order valence-electron chi connectivity index (χ4n) is 2.14. The molecule has 0 spiro atoms. The van der Waals surface area contributed by atoms with Crippen molar-refractivity contribution < 1.29 is 9.59 Å². The van der Waals surface area contributed by atoms with Gasteiger partial charge in [0.1, 0.15) is 0 Å². The molecule has 2 rings (SSSR count). The maximum absolute atomic E-state index is 12.0. The molecule has 96 valence electrons. The highest BCUT2D eigenvalue weighted by atomic mass is 16.2. The van der Waals surface area contributed by atoms with Gasteiger partial charge in [0.15, 0.2) is 0 Å². The van der Waals surface area contributed by atoms with Gasteiger partial charge in [-0.15, -0.1) is 0 Å². The summed E-state index contributed by atoms with van der Waals surface area (Å²) in [5.41, 5.74) is 13.6. The van der Waals surface area contributed by atoms with Crippen molar-refractivity contribution >= 4 is 17.5 Å². The largest absolute Gasteiger partial charge is 0.327 e. The van der Waals surface area contributed by atoms with Crippen molar-refractivity contribution in [3.63, 3.8) is 0 Å². The first-order chi connectivity index (χ1) is 8.52. The maximum atomic E-state index is 12.0. The van der Waals surface area contributed by atoms with Crippen molar-refractivity contribution in [2.45, 2.75) is 32.4 Å². The molecule has 1 aliphatic rings. The topological polar surface area (TPSA) is 89.4 Å². The van der Waals surface area contributed by atoms with Crippen LogP contribution in [0.1, 0.15) is 24.5 Å². The van der Waals surface area contributed by atoms with E-state index in [1.807, 2.05) is 12.1 Å². The third-order valence-electron chi connectivity index (χ3n) is 2.96. The minimum absolute atomic E-state index is 0.170. The molecule has 0 saturated carbocycles. The van der Waals surface area contributed by atoms with Gasteiger partial charge in [0, 0.05) is 19.0 Å². The lowest BCUT2D eigenvalue weighted by molar-refractivity contribution is -0.125. The van der Waals surface area contributed by atoms with Crippen molar-refractivity contribution in [1.82, 2.24) is 0 Å². The Bertz CT molecular complexity index is 497. The highest BCUT2D eigenvalue weighted by molar-refractivity contribution is 6.19. The van der Waals surface area contributed by atoms with Crippen LogP contribution in [-0.2, 0) is 22.6 Å². The van der Waals surface area contributed by atoms with Crippen LogP contribution in [0.3, 0.4) is 0 Å². The molecule has 2 amide bonds. The van der Waals surface area contributed by atoms with Crippen LogP contribution >= 0.6 is 0 Å². The molecule has 1 unspecified atom stereocenters. The van der Waals surface area contributed by atoms with Gasteiger partial charge in [0.25, 0.3) is 0 Å². The van der Waals surface area contributed by atoms with Gasteiger partial charge < -0.3 is 11.5 Å². The van der Waals surface area contributed by atoms with Crippen LogP contribution < -0.4 is 16.4 Å². The first-order valence-electron chi connectivity index (χ1n) is 5.96. The zero-order valence-corrected chi connectivity index (χ0v) is 10.3. The van der Waals surface area contributed by atoms with E-state index < -0.39 is 0 Å². The lowest BCUT2D eigenvalue weighted by Crippen LogP contribution is -2.37. The van der Waals surface area contributed by atoms with Crippen LogP contribution in [0.2, 0.25) is 0 Å². The zero-order valence-electron chi connectivity index (χ0n) is 10.3. The molecule has 5 heteroatoms. The summed E-state index contributed by atoms with van der Waals surface area (Å²) < 4.78 is 0. The average Bonchev–Trinajstić information content (AvgIpc) is 2.62. The number of carbonyl (C=O) groups excluding carboxylic acids is 2. The van der Waals surface area contributed by atoms with Crippen LogP contribution in [-0.4, -0.2) is 17.9 Å². The summed E-state index contributed by atoms with van der Waals surface area (Å²) in [6.07, 6.45) is 0.428. The number of rotatable bonds is 3. The highest BCUT2D eigenvalue weighted by Crippen LogP contribution is 2.30. The molecule has 18 heavy (non-hydrogen) atoms. The van der Waals surface area contributed by atoms with Crippen molar-refractivity contribution in [2.75, 3.05) is 4.90 Å². The van der Waals surface area contributed by atoms with Gasteiger partial charge in [-0.2, -0.15) is 0 Å². The number of nitrogens with two attached hydrogens (primary N) is 2. The number of benzene rings is 1. The summed E-state index contributed by atoms with van der Waals surface area (Å²) in [6.45, 7) is 2.17. The fraction of sp³-hybridized carbons (Fsp3) is 0.385. The second-order valence-corrected chi connectivity index (χ2v) is 4.65. The number of anilines is 1. The van der Waals surface area contributed by atoms with Crippen molar-refractivity contribution in [1.29, 1.82) is 0 Å². The van der Waals surface area contributed by atoms with E-state index in [1.54, 1.807) is 13.0 Å². The van der Waals surface area contributed by atoms with E-state index >= 15 is 0 Å². The SMILES string of the molecule is CC(N)CC(=O)N1C(=O)Cc2cc(CN)ccc21. The Kier molecular flexibility index (Phi) is 3.45. The van der Waals surface area contributed by atoms with Crippen molar-refractivity contribution in [2.24, 2.45) is 11.5 Å². The van der Waals surface area contributed by atoms with Gasteiger partial charge in [0.2, 0.25) is 11.8 Å². The minimum atomic E-state index is -0.252. The fourth-order valence-corrected chi connectivity index (χ4v) is 2.14. The third-order valence-corrected chi connectivity index (χ3v) is 2.96. The number of carbonyl (C=O) groups is 2. The molecule has 1 aromatic rings. The molecule has 0 saturated heterocycles. The van der Waals surface area contributed by atoms with Crippen LogP contribution in [0, 0.1) is 0 Å². The standard InChI is InChI=1S/C13H17N3O2/c1-8(15)4-12(17)16-11-3-2-9(7-14)5-10(11)6-13(16)18/h2-3,5,8H,4,6-7,14-15H2,1H3. The molecular formula is C13H17N3O2. The van der Waals surface area contributed by atoms with Crippen LogP contribution in [0.25, 0.3) is 0 Å². The molecule has 4 N–H and O–H groups in total. The van der Waals surface area contributed by atoms with Crippen LogP contribution in [0.15, 0.2) is 18.2 Å². The van der Waals surface area contributed by atoms with Gasteiger partial charge in [-0.25, -0.2) is 4.90 Å². The van der Waals surface area contributed by atoms with Crippen molar-refractivity contribution in [3.8, 4) is 0 Å².